The van der Waals surface area contributed by atoms with E-state index < -0.39 is 23.0 Å². The van der Waals surface area contributed by atoms with Gasteiger partial charge in [-0.15, -0.1) is 0 Å². The molecule has 27 heavy (non-hydrogen) atoms. The lowest BCUT2D eigenvalue weighted by atomic mass is 9.73. The number of ketones is 1. The van der Waals surface area contributed by atoms with Crippen molar-refractivity contribution in [2.75, 3.05) is 4.90 Å². The highest BCUT2D eigenvalue weighted by Gasteiger charge is 2.60. The molecule has 4 rings (SSSR count). The van der Waals surface area contributed by atoms with Crippen LogP contribution in [0.25, 0.3) is 0 Å². The maximum atomic E-state index is 13.5. The summed E-state index contributed by atoms with van der Waals surface area (Å²) in [5.41, 5.74) is 0.225. The minimum Gasteiger partial charge on any atom is -0.287 e. The number of anilines is 1. The Balaban J connectivity index is 1.89. The molecule has 0 radical (unpaired) electrons. The molecule has 1 saturated heterocycles. The van der Waals surface area contributed by atoms with Gasteiger partial charge in [0.15, 0.2) is 0 Å². The lowest BCUT2D eigenvalue weighted by Gasteiger charge is -2.26. The molecule has 1 heterocycles. The average Bonchev–Trinajstić information content (AvgIpc) is 2.91. The van der Waals surface area contributed by atoms with E-state index in [1.54, 1.807) is 54.6 Å². The molecule has 0 aliphatic carbocycles. The summed E-state index contributed by atoms with van der Waals surface area (Å²) < 4.78 is 0. The van der Waals surface area contributed by atoms with Gasteiger partial charge in [-0.25, -0.2) is 4.90 Å². The van der Waals surface area contributed by atoms with Gasteiger partial charge in [0.2, 0.25) is 5.78 Å². The van der Waals surface area contributed by atoms with Crippen LogP contribution in [-0.2, 0) is 26.2 Å². The van der Waals surface area contributed by atoms with E-state index in [-0.39, 0.29) is 6.42 Å². The molecule has 3 aromatic rings. The number of carbonyl (C=O) groups excluding carboxylic acids is 3. The van der Waals surface area contributed by atoms with Crippen LogP contribution in [-0.4, -0.2) is 17.6 Å². The Labute approximate surface area is 157 Å². The molecule has 0 saturated carbocycles. The number of Topliss-reactive ketones (excluding diaryl/α,β-unsaturated/α-hetero) is 1. The molecule has 0 aromatic heterocycles. The molecule has 1 atom stereocenters. The van der Waals surface area contributed by atoms with Crippen LogP contribution < -0.4 is 4.90 Å². The fourth-order valence-electron chi connectivity index (χ4n) is 3.61. The summed E-state index contributed by atoms with van der Waals surface area (Å²) in [6, 6.07) is 26.7. The molecule has 2 amide bonds. The second-order valence-electron chi connectivity index (χ2n) is 6.54. The molecule has 0 unspecified atom stereocenters. The highest BCUT2D eigenvalue weighted by molar-refractivity contribution is 6.59. The highest BCUT2D eigenvalue weighted by Crippen LogP contribution is 2.39. The quantitative estimate of drug-likeness (QED) is 0.410. The maximum Gasteiger partial charge on any atom is 0.302 e. The third-order valence-electron chi connectivity index (χ3n) is 4.95. The van der Waals surface area contributed by atoms with Gasteiger partial charge >= 0.3 is 5.91 Å². The number of rotatable bonds is 4. The second kappa shape index (κ2) is 6.65. The number of hydrogen-bond acceptors (Lipinski definition) is 3. The number of benzene rings is 3. The van der Waals surface area contributed by atoms with Crippen molar-refractivity contribution < 1.29 is 14.4 Å². The highest BCUT2D eigenvalue weighted by atomic mass is 16.2. The standard InChI is InChI=1S/C23H17NO3/c25-20-21(26)24(19-14-8-3-9-15-19)22(27)23(20,18-12-6-2-7-13-18)16-17-10-4-1-5-11-17/h1-15H,16H2/t23-/m1/s1. The number of carbonyl (C=O) groups is 3. The smallest absolute Gasteiger partial charge is 0.287 e. The lowest BCUT2D eigenvalue weighted by Crippen LogP contribution is -2.43. The van der Waals surface area contributed by atoms with Crippen LogP contribution in [0.3, 0.4) is 0 Å². The molecule has 0 spiro atoms. The zero-order valence-electron chi connectivity index (χ0n) is 14.5. The Morgan fingerprint density at radius 2 is 1.19 bits per heavy atom. The molecule has 3 aromatic carbocycles. The number of nitrogens with zero attached hydrogens (tertiary/aromatic N) is 1. The van der Waals surface area contributed by atoms with Crippen molar-refractivity contribution >= 4 is 23.3 Å². The summed E-state index contributed by atoms with van der Waals surface area (Å²) in [5.74, 6) is -1.98. The van der Waals surface area contributed by atoms with Gasteiger partial charge in [-0.3, -0.25) is 14.4 Å². The Hall–Kier alpha value is -3.53. The first-order valence-corrected chi connectivity index (χ1v) is 8.72. The van der Waals surface area contributed by atoms with Crippen LogP contribution in [0.4, 0.5) is 5.69 Å². The summed E-state index contributed by atoms with van der Waals surface area (Å²) in [5, 5.41) is 0. The summed E-state index contributed by atoms with van der Waals surface area (Å²) in [7, 11) is 0. The predicted octanol–water partition coefficient (Wildman–Crippen LogP) is 3.31. The van der Waals surface area contributed by atoms with E-state index in [9.17, 15) is 14.4 Å². The molecular formula is C23H17NO3. The van der Waals surface area contributed by atoms with E-state index in [0.29, 0.717) is 11.3 Å². The van der Waals surface area contributed by atoms with E-state index >= 15 is 0 Å². The summed E-state index contributed by atoms with van der Waals surface area (Å²) in [6.07, 6.45) is 0.143. The Bertz CT molecular complexity index is 1000. The van der Waals surface area contributed by atoms with Crippen LogP contribution in [0.15, 0.2) is 91.0 Å². The van der Waals surface area contributed by atoms with Gasteiger partial charge in [0, 0.05) is 0 Å². The zero-order valence-corrected chi connectivity index (χ0v) is 14.5. The van der Waals surface area contributed by atoms with E-state index in [4.69, 9.17) is 0 Å². The number of hydrogen-bond donors (Lipinski definition) is 0. The summed E-state index contributed by atoms with van der Waals surface area (Å²) >= 11 is 0. The van der Waals surface area contributed by atoms with E-state index in [0.717, 1.165) is 10.5 Å². The first kappa shape index (κ1) is 16.9. The van der Waals surface area contributed by atoms with Gasteiger partial charge in [-0.2, -0.15) is 0 Å². The van der Waals surface area contributed by atoms with Crippen molar-refractivity contribution in [2.24, 2.45) is 0 Å². The van der Waals surface area contributed by atoms with Gasteiger partial charge < -0.3 is 0 Å². The second-order valence-corrected chi connectivity index (χ2v) is 6.54. The molecule has 132 valence electrons. The molecular weight excluding hydrogens is 338 g/mol. The molecule has 1 aliphatic rings. The Morgan fingerprint density at radius 1 is 0.667 bits per heavy atom. The van der Waals surface area contributed by atoms with Crippen molar-refractivity contribution in [1.29, 1.82) is 0 Å². The molecule has 4 nitrogen and oxygen atoms in total. The molecule has 0 N–H and O–H groups in total. The molecule has 1 fully saturated rings. The minimum absolute atomic E-state index is 0.143. The normalized spacial score (nSPS) is 19.6. The number of para-hydroxylation sites is 1. The van der Waals surface area contributed by atoms with Gasteiger partial charge in [0.05, 0.1) is 5.69 Å². The monoisotopic (exact) mass is 355 g/mol. The van der Waals surface area contributed by atoms with Crippen LogP contribution in [0, 0.1) is 0 Å². The topological polar surface area (TPSA) is 54.5 Å². The van der Waals surface area contributed by atoms with E-state index in [1.165, 1.54) is 0 Å². The fourth-order valence-corrected chi connectivity index (χ4v) is 3.61. The van der Waals surface area contributed by atoms with Crippen LogP contribution in [0.2, 0.25) is 0 Å². The Kier molecular flexibility index (Phi) is 4.16. The van der Waals surface area contributed by atoms with Gasteiger partial charge in [0.25, 0.3) is 5.91 Å². The third kappa shape index (κ3) is 2.66. The van der Waals surface area contributed by atoms with Crippen LogP contribution in [0.1, 0.15) is 11.1 Å². The van der Waals surface area contributed by atoms with Crippen molar-refractivity contribution in [1.82, 2.24) is 0 Å². The number of amides is 2. The van der Waals surface area contributed by atoms with E-state index in [2.05, 4.69) is 0 Å². The largest absolute Gasteiger partial charge is 0.302 e. The van der Waals surface area contributed by atoms with Gasteiger partial charge in [-0.05, 0) is 29.7 Å². The van der Waals surface area contributed by atoms with Gasteiger partial charge in [0.1, 0.15) is 5.41 Å². The van der Waals surface area contributed by atoms with Gasteiger partial charge in [-0.1, -0.05) is 78.9 Å². The summed E-state index contributed by atoms with van der Waals surface area (Å²) in [6.45, 7) is 0. The van der Waals surface area contributed by atoms with E-state index in [1.807, 2.05) is 36.4 Å². The number of imide groups is 1. The predicted molar refractivity (Wildman–Crippen MR) is 102 cm³/mol. The van der Waals surface area contributed by atoms with Crippen molar-refractivity contribution in [2.45, 2.75) is 11.8 Å². The molecule has 4 heteroatoms. The fraction of sp³-hybridized carbons (Fsp3) is 0.0870. The summed E-state index contributed by atoms with van der Waals surface area (Å²) in [4.78, 5) is 40.6. The first-order chi connectivity index (χ1) is 13.1. The average molecular weight is 355 g/mol. The first-order valence-electron chi connectivity index (χ1n) is 8.72. The van der Waals surface area contributed by atoms with Crippen LogP contribution >= 0.6 is 0 Å². The van der Waals surface area contributed by atoms with Crippen molar-refractivity contribution in [3.05, 3.63) is 102 Å². The minimum atomic E-state index is -1.55. The molecule has 0 bridgehead atoms. The molecule has 1 aliphatic heterocycles. The maximum absolute atomic E-state index is 13.5. The van der Waals surface area contributed by atoms with Crippen molar-refractivity contribution in [3.63, 3.8) is 0 Å². The van der Waals surface area contributed by atoms with Crippen LogP contribution in [0.5, 0.6) is 0 Å². The Morgan fingerprint density at radius 3 is 1.78 bits per heavy atom. The lowest BCUT2D eigenvalue weighted by molar-refractivity contribution is -0.137. The van der Waals surface area contributed by atoms with Crippen molar-refractivity contribution in [3.8, 4) is 0 Å². The third-order valence-corrected chi connectivity index (χ3v) is 4.95. The zero-order chi connectivity index (χ0) is 18.9. The SMILES string of the molecule is O=C1C(=O)[C@@](Cc2ccccc2)(c2ccccc2)C(=O)N1c1ccccc1.